The smallest absolute Gasteiger partial charge is 0.330 e. The summed E-state index contributed by atoms with van der Waals surface area (Å²) in [4.78, 5) is 24.8. The maximum atomic E-state index is 12.5. The number of epoxide rings is 1. The first-order valence-corrected chi connectivity index (χ1v) is 14.7. The Kier molecular flexibility index (Phi) is 9.25. The van der Waals surface area contributed by atoms with Crippen LogP contribution < -0.4 is 0 Å². The van der Waals surface area contributed by atoms with E-state index in [1.165, 1.54) is 30.5 Å². The Morgan fingerprint density at radius 1 is 0.804 bits per heavy atom. The van der Waals surface area contributed by atoms with Gasteiger partial charge < -0.3 is 54.0 Å². The maximum Gasteiger partial charge on any atom is 0.330 e. The lowest BCUT2D eigenvalue weighted by atomic mass is 9.85. The molecular weight excluding hydrogens is 604 g/mol. The summed E-state index contributed by atoms with van der Waals surface area (Å²) in [6.45, 7) is -0.697. The molecule has 13 heteroatoms. The van der Waals surface area contributed by atoms with Gasteiger partial charge in [-0.3, -0.25) is 0 Å². The molecule has 1 saturated carbocycles. The summed E-state index contributed by atoms with van der Waals surface area (Å²) in [5.74, 6) is -2.52. The molecule has 46 heavy (non-hydrogen) atoms. The molecular formula is C33H34O13. The third-order valence-electron chi connectivity index (χ3n) is 8.54. The van der Waals surface area contributed by atoms with E-state index in [2.05, 4.69) is 0 Å². The molecule has 0 radical (unpaired) electrons. The van der Waals surface area contributed by atoms with Crippen LogP contribution in [0.15, 0.2) is 79.1 Å². The van der Waals surface area contributed by atoms with Crippen LogP contribution in [0.1, 0.15) is 11.1 Å². The molecule has 244 valence electrons. The average Bonchev–Trinajstić information content (AvgIpc) is 3.75. The predicted octanol–water partition coefficient (Wildman–Crippen LogP) is 0.644. The van der Waals surface area contributed by atoms with Crippen LogP contribution in [-0.2, 0) is 38.0 Å². The van der Waals surface area contributed by atoms with E-state index in [4.69, 9.17) is 28.4 Å². The van der Waals surface area contributed by atoms with Gasteiger partial charge in [0.1, 0.15) is 55.1 Å². The molecule has 3 heterocycles. The van der Waals surface area contributed by atoms with Crippen molar-refractivity contribution in [3.8, 4) is 5.75 Å². The minimum Gasteiger partial charge on any atom is -0.508 e. The summed E-state index contributed by atoms with van der Waals surface area (Å²) in [5, 5.41) is 52.1. The van der Waals surface area contributed by atoms with Crippen LogP contribution in [0.5, 0.6) is 5.75 Å². The van der Waals surface area contributed by atoms with E-state index in [9.17, 15) is 35.1 Å². The third-order valence-corrected chi connectivity index (χ3v) is 8.54. The summed E-state index contributed by atoms with van der Waals surface area (Å²) in [6, 6.07) is 15.3. The van der Waals surface area contributed by atoms with Crippen LogP contribution in [-0.4, -0.2) is 105 Å². The van der Waals surface area contributed by atoms with Crippen molar-refractivity contribution in [1.82, 2.24) is 0 Å². The van der Waals surface area contributed by atoms with Gasteiger partial charge in [-0.1, -0.05) is 42.5 Å². The number of phenols is 1. The second kappa shape index (κ2) is 13.3. The second-order valence-corrected chi connectivity index (χ2v) is 11.5. The molecule has 0 bridgehead atoms. The van der Waals surface area contributed by atoms with Gasteiger partial charge in [-0.2, -0.15) is 0 Å². The highest BCUT2D eigenvalue weighted by Gasteiger charge is 2.76. The molecule has 3 fully saturated rings. The molecule has 0 aromatic heterocycles. The van der Waals surface area contributed by atoms with Crippen LogP contribution in [0, 0.1) is 11.8 Å². The molecule has 3 aliphatic heterocycles. The van der Waals surface area contributed by atoms with Crippen molar-refractivity contribution in [2.75, 3.05) is 13.2 Å². The van der Waals surface area contributed by atoms with E-state index < -0.39 is 85.2 Å². The highest BCUT2D eigenvalue weighted by molar-refractivity contribution is 5.87. The molecule has 5 N–H and O–H groups in total. The van der Waals surface area contributed by atoms with Gasteiger partial charge in [0.25, 0.3) is 0 Å². The summed E-state index contributed by atoms with van der Waals surface area (Å²) in [5.41, 5.74) is 0.295. The zero-order valence-electron chi connectivity index (χ0n) is 24.4. The van der Waals surface area contributed by atoms with Crippen molar-refractivity contribution in [3.05, 3.63) is 90.2 Å². The number of phenolic OH excluding ortho intramolecular Hbond substituents is 1. The fourth-order valence-electron chi connectivity index (χ4n) is 6.06. The molecule has 0 amide bonds. The SMILES string of the molecule is O=C(C=Cc1ccc(O)cc1)OC[C@H]1O[C@@H](O[C@H]2OC=C[C@H]3[C@H](O)[C@@H]4O[C@]4(COC(=O)C=Cc4ccccc4)[C@@H]23)[C@H](O)[C@@H](O)[C@@H]1O. The van der Waals surface area contributed by atoms with Gasteiger partial charge in [0.15, 0.2) is 6.29 Å². The number of aliphatic hydroxyl groups excluding tert-OH is 4. The third kappa shape index (κ3) is 6.57. The number of hydrogen-bond donors (Lipinski definition) is 5. The van der Waals surface area contributed by atoms with Gasteiger partial charge in [0.2, 0.25) is 6.29 Å². The number of carbonyl (C=O) groups is 2. The normalized spacial score (nSPS) is 36.2. The van der Waals surface area contributed by atoms with E-state index >= 15 is 0 Å². The number of ether oxygens (including phenoxy) is 6. The van der Waals surface area contributed by atoms with E-state index in [1.54, 1.807) is 24.3 Å². The first-order valence-electron chi connectivity index (χ1n) is 14.7. The molecule has 13 nitrogen and oxygen atoms in total. The van der Waals surface area contributed by atoms with Crippen LogP contribution in [0.4, 0.5) is 0 Å². The van der Waals surface area contributed by atoms with Gasteiger partial charge in [0, 0.05) is 18.1 Å². The van der Waals surface area contributed by atoms with Crippen LogP contribution in [0.3, 0.4) is 0 Å². The van der Waals surface area contributed by atoms with Crippen molar-refractivity contribution in [2.24, 2.45) is 11.8 Å². The minimum atomic E-state index is -1.73. The largest absolute Gasteiger partial charge is 0.508 e. The average molecular weight is 639 g/mol. The maximum absolute atomic E-state index is 12.5. The monoisotopic (exact) mass is 638 g/mol. The molecule has 2 aromatic rings. The van der Waals surface area contributed by atoms with Gasteiger partial charge in [-0.05, 0) is 41.5 Å². The van der Waals surface area contributed by atoms with Gasteiger partial charge in [-0.15, -0.1) is 0 Å². The lowest BCUT2D eigenvalue weighted by Gasteiger charge is -2.43. The summed E-state index contributed by atoms with van der Waals surface area (Å²) >= 11 is 0. The quantitative estimate of drug-likeness (QED) is 0.138. The highest BCUT2D eigenvalue weighted by atomic mass is 16.8. The van der Waals surface area contributed by atoms with Crippen LogP contribution in [0.2, 0.25) is 0 Å². The van der Waals surface area contributed by atoms with Crippen molar-refractivity contribution >= 4 is 24.1 Å². The Morgan fingerprint density at radius 3 is 2.20 bits per heavy atom. The summed E-state index contributed by atoms with van der Waals surface area (Å²) in [6.07, 6.45) is -2.23. The van der Waals surface area contributed by atoms with Crippen molar-refractivity contribution in [3.63, 3.8) is 0 Å². The number of aromatic hydroxyl groups is 1. The van der Waals surface area contributed by atoms with Crippen molar-refractivity contribution in [2.45, 2.75) is 54.8 Å². The number of esters is 2. The van der Waals surface area contributed by atoms with Gasteiger partial charge in [0.05, 0.1) is 18.3 Å². The van der Waals surface area contributed by atoms with Crippen LogP contribution >= 0.6 is 0 Å². The Labute approximate surface area is 263 Å². The second-order valence-electron chi connectivity index (χ2n) is 11.5. The number of benzene rings is 2. The van der Waals surface area contributed by atoms with E-state index in [0.717, 1.165) is 11.6 Å². The standard InChI is InChI=1S/C33H34O13/c34-20-10-6-19(7-11-20)9-12-23(35)42-16-22-27(38)28(39)29(40)32(44-22)45-31-25-21(14-15-41-31)26(37)30-33(25,46-30)17-43-24(36)13-8-18-4-2-1-3-5-18/h1-15,21-22,25-32,34,37-40H,16-17H2/t21-,22-,25-,26+,27-,28+,29-,30+,31-,32+,33-/m1/s1. The minimum absolute atomic E-state index is 0.0741. The molecule has 0 spiro atoms. The molecule has 1 aliphatic carbocycles. The Morgan fingerprint density at radius 2 is 1.48 bits per heavy atom. The predicted molar refractivity (Wildman–Crippen MR) is 157 cm³/mol. The Bertz CT molecular complexity index is 1470. The van der Waals surface area contributed by atoms with Gasteiger partial charge in [-0.25, -0.2) is 9.59 Å². The Balaban J connectivity index is 1.08. The fourth-order valence-corrected chi connectivity index (χ4v) is 6.06. The molecule has 2 aromatic carbocycles. The van der Waals surface area contributed by atoms with E-state index in [-0.39, 0.29) is 12.4 Å². The molecule has 2 saturated heterocycles. The zero-order chi connectivity index (χ0) is 32.4. The molecule has 6 rings (SSSR count). The summed E-state index contributed by atoms with van der Waals surface area (Å²) in [7, 11) is 0. The van der Waals surface area contributed by atoms with Gasteiger partial charge >= 0.3 is 11.9 Å². The molecule has 11 atom stereocenters. The fraction of sp³-hybridized carbons (Fsp3) is 0.394. The number of hydrogen-bond acceptors (Lipinski definition) is 13. The number of fused-ring (bicyclic) bond motifs is 3. The van der Waals surface area contributed by atoms with Crippen molar-refractivity contribution in [1.29, 1.82) is 0 Å². The highest BCUT2D eigenvalue weighted by Crippen LogP contribution is 2.60. The zero-order valence-corrected chi connectivity index (χ0v) is 24.4. The van der Waals surface area contributed by atoms with Crippen molar-refractivity contribution < 1.29 is 63.5 Å². The lowest BCUT2D eigenvalue weighted by molar-refractivity contribution is -0.344. The summed E-state index contributed by atoms with van der Waals surface area (Å²) < 4.78 is 33.9. The first-order chi connectivity index (χ1) is 22.2. The lowest BCUT2D eigenvalue weighted by Crippen LogP contribution is -2.60. The number of aliphatic hydroxyl groups is 4. The van der Waals surface area contributed by atoms with E-state index in [0.29, 0.717) is 5.56 Å². The molecule has 4 aliphatic rings. The molecule has 0 unspecified atom stereocenters. The van der Waals surface area contributed by atoms with Crippen LogP contribution in [0.25, 0.3) is 12.2 Å². The Hall–Kier alpha value is -4.08. The first kappa shape index (κ1) is 31.9. The number of rotatable bonds is 10. The topological polar surface area (TPSA) is 194 Å². The van der Waals surface area contributed by atoms with E-state index in [1.807, 2.05) is 30.3 Å². The number of carbonyl (C=O) groups excluding carboxylic acids is 2.